The van der Waals surface area contributed by atoms with Crippen molar-refractivity contribution in [3.05, 3.63) is 63.7 Å². The summed E-state index contributed by atoms with van der Waals surface area (Å²) in [7, 11) is 2.13. The number of aromatic nitrogens is 2. The van der Waals surface area contributed by atoms with Crippen molar-refractivity contribution >= 4 is 28.2 Å². The number of nitrogens with zero attached hydrogens (tertiary/aromatic N) is 4. The zero-order chi connectivity index (χ0) is 18.3. The van der Waals surface area contributed by atoms with E-state index in [4.69, 9.17) is 11.6 Å². The molecular formula is C20H21ClN4O. The maximum Gasteiger partial charge on any atom is 0.266 e. The van der Waals surface area contributed by atoms with Crippen LogP contribution < -0.4 is 10.5 Å². The highest BCUT2D eigenvalue weighted by Crippen LogP contribution is 2.22. The quantitative estimate of drug-likeness (QED) is 0.697. The topological polar surface area (TPSA) is 41.4 Å². The first-order valence-corrected chi connectivity index (χ1v) is 9.13. The lowest BCUT2D eigenvalue weighted by Gasteiger charge is -2.34. The van der Waals surface area contributed by atoms with Crippen molar-refractivity contribution in [3.63, 3.8) is 0 Å². The standard InChI is InChI=1S/C20H21ClN4O/c1-14-22-19-8-7-17(24-11-9-23(2)10-12-24)13-18(19)20(26)25(14)16-5-3-15(21)4-6-16/h3-8,13H,9-12H2,1-2H3. The summed E-state index contributed by atoms with van der Waals surface area (Å²) < 4.78 is 1.65. The van der Waals surface area contributed by atoms with Crippen molar-refractivity contribution in [2.75, 3.05) is 38.1 Å². The molecule has 0 atom stereocenters. The molecule has 134 valence electrons. The second-order valence-corrected chi connectivity index (χ2v) is 7.20. The van der Waals surface area contributed by atoms with E-state index in [1.807, 2.05) is 31.2 Å². The maximum atomic E-state index is 13.2. The molecule has 1 aromatic heterocycles. The minimum Gasteiger partial charge on any atom is -0.369 e. The van der Waals surface area contributed by atoms with Crippen LogP contribution in [0.3, 0.4) is 0 Å². The van der Waals surface area contributed by atoms with Crippen molar-refractivity contribution in [1.29, 1.82) is 0 Å². The Labute approximate surface area is 157 Å². The van der Waals surface area contributed by atoms with E-state index >= 15 is 0 Å². The van der Waals surface area contributed by atoms with Gasteiger partial charge in [0.25, 0.3) is 5.56 Å². The molecule has 6 heteroatoms. The van der Waals surface area contributed by atoms with Gasteiger partial charge in [-0.2, -0.15) is 0 Å². The molecule has 5 nitrogen and oxygen atoms in total. The number of hydrogen-bond acceptors (Lipinski definition) is 4. The molecule has 0 radical (unpaired) electrons. The van der Waals surface area contributed by atoms with E-state index in [-0.39, 0.29) is 5.56 Å². The minimum absolute atomic E-state index is 0.0502. The van der Waals surface area contributed by atoms with Crippen LogP contribution in [0.4, 0.5) is 5.69 Å². The molecule has 1 fully saturated rings. The van der Waals surface area contributed by atoms with Gasteiger partial charge >= 0.3 is 0 Å². The Hall–Kier alpha value is -2.37. The van der Waals surface area contributed by atoms with Gasteiger partial charge in [-0.3, -0.25) is 9.36 Å². The first-order valence-electron chi connectivity index (χ1n) is 8.76. The molecule has 0 unspecified atom stereocenters. The van der Waals surface area contributed by atoms with E-state index in [0.717, 1.165) is 43.1 Å². The van der Waals surface area contributed by atoms with Gasteiger partial charge in [-0.25, -0.2) is 4.98 Å². The summed E-state index contributed by atoms with van der Waals surface area (Å²) in [5, 5.41) is 1.28. The van der Waals surface area contributed by atoms with Crippen LogP contribution in [0.5, 0.6) is 0 Å². The second-order valence-electron chi connectivity index (χ2n) is 6.77. The number of likely N-dealkylation sites (N-methyl/N-ethyl adjacent to an activating group) is 1. The predicted octanol–water partition coefficient (Wildman–Crippen LogP) is 3.10. The van der Waals surface area contributed by atoms with E-state index in [2.05, 4.69) is 27.9 Å². The predicted molar refractivity (Wildman–Crippen MR) is 107 cm³/mol. The number of hydrogen-bond donors (Lipinski definition) is 0. The largest absolute Gasteiger partial charge is 0.369 e. The van der Waals surface area contributed by atoms with Crippen molar-refractivity contribution in [2.45, 2.75) is 6.92 Å². The van der Waals surface area contributed by atoms with Crippen LogP contribution in [0.25, 0.3) is 16.6 Å². The van der Waals surface area contributed by atoms with Crippen LogP contribution in [-0.4, -0.2) is 47.7 Å². The first kappa shape index (κ1) is 17.1. The summed E-state index contributed by atoms with van der Waals surface area (Å²) in [6.07, 6.45) is 0. The number of aryl methyl sites for hydroxylation is 1. The number of fused-ring (bicyclic) bond motifs is 1. The van der Waals surface area contributed by atoms with E-state index in [1.165, 1.54) is 0 Å². The maximum absolute atomic E-state index is 13.2. The molecule has 4 rings (SSSR count). The average molecular weight is 369 g/mol. The molecule has 1 aliphatic rings. The van der Waals surface area contributed by atoms with Gasteiger partial charge < -0.3 is 9.80 Å². The van der Waals surface area contributed by atoms with Gasteiger partial charge in [-0.15, -0.1) is 0 Å². The normalized spacial score (nSPS) is 15.6. The van der Waals surface area contributed by atoms with Crippen molar-refractivity contribution < 1.29 is 0 Å². The summed E-state index contributed by atoms with van der Waals surface area (Å²) in [5.41, 5.74) is 2.54. The van der Waals surface area contributed by atoms with Gasteiger partial charge in [0.2, 0.25) is 0 Å². The van der Waals surface area contributed by atoms with Gasteiger partial charge in [-0.1, -0.05) is 11.6 Å². The number of benzene rings is 2. The molecule has 0 spiro atoms. The summed E-state index contributed by atoms with van der Waals surface area (Å²) >= 11 is 5.98. The minimum atomic E-state index is -0.0502. The molecule has 0 saturated carbocycles. The van der Waals surface area contributed by atoms with Gasteiger partial charge in [0.05, 0.1) is 16.6 Å². The molecule has 0 aliphatic carbocycles. The molecule has 1 aliphatic heterocycles. The van der Waals surface area contributed by atoms with Crippen LogP contribution in [0.1, 0.15) is 5.82 Å². The number of halogens is 1. The number of anilines is 1. The molecule has 1 saturated heterocycles. The first-order chi connectivity index (χ1) is 12.5. The second kappa shape index (κ2) is 6.74. The lowest BCUT2D eigenvalue weighted by atomic mass is 10.1. The average Bonchev–Trinajstić information content (AvgIpc) is 2.64. The highest BCUT2D eigenvalue weighted by Gasteiger charge is 2.16. The summed E-state index contributed by atoms with van der Waals surface area (Å²) in [5.74, 6) is 0.664. The third kappa shape index (κ3) is 3.08. The van der Waals surface area contributed by atoms with Crippen molar-refractivity contribution in [2.24, 2.45) is 0 Å². The molecular weight excluding hydrogens is 348 g/mol. The Morgan fingerprint density at radius 2 is 1.62 bits per heavy atom. The summed E-state index contributed by atoms with van der Waals surface area (Å²) in [4.78, 5) is 22.5. The third-order valence-corrected chi connectivity index (χ3v) is 5.22. The Kier molecular flexibility index (Phi) is 4.42. The highest BCUT2D eigenvalue weighted by molar-refractivity contribution is 6.30. The molecule has 0 bridgehead atoms. The summed E-state index contributed by atoms with van der Waals surface area (Å²) in [6, 6.07) is 13.2. The number of rotatable bonds is 2. The third-order valence-electron chi connectivity index (χ3n) is 4.97. The van der Waals surface area contributed by atoms with Gasteiger partial charge in [-0.05, 0) is 56.4 Å². The SMILES string of the molecule is Cc1nc2ccc(N3CCN(C)CC3)cc2c(=O)n1-c1ccc(Cl)cc1. The van der Waals surface area contributed by atoms with Crippen LogP contribution in [0, 0.1) is 6.92 Å². The van der Waals surface area contributed by atoms with E-state index in [9.17, 15) is 4.79 Å². The van der Waals surface area contributed by atoms with Crippen molar-refractivity contribution in [3.8, 4) is 5.69 Å². The van der Waals surface area contributed by atoms with Crippen molar-refractivity contribution in [1.82, 2.24) is 14.5 Å². The zero-order valence-electron chi connectivity index (χ0n) is 14.9. The Balaban J connectivity index is 1.82. The van der Waals surface area contributed by atoms with Gasteiger partial charge in [0.15, 0.2) is 0 Å². The molecule has 0 N–H and O–H groups in total. The summed E-state index contributed by atoms with van der Waals surface area (Å²) in [6.45, 7) is 5.83. The lowest BCUT2D eigenvalue weighted by Crippen LogP contribution is -2.44. The molecule has 2 heterocycles. The van der Waals surface area contributed by atoms with Gasteiger partial charge in [0, 0.05) is 36.9 Å². The fourth-order valence-electron chi connectivity index (χ4n) is 3.44. The Bertz CT molecular complexity index is 1000. The Morgan fingerprint density at radius 3 is 2.31 bits per heavy atom. The number of piperazine rings is 1. The van der Waals surface area contributed by atoms with E-state index in [1.54, 1.807) is 16.7 Å². The van der Waals surface area contributed by atoms with E-state index < -0.39 is 0 Å². The molecule has 0 amide bonds. The fraction of sp³-hybridized carbons (Fsp3) is 0.300. The fourth-order valence-corrected chi connectivity index (χ4v) is 3.57. The monoisotopic (exact) mass is 368 g/mol. The smallest absolute Gasteiger partial charge is 0.266 e. The van der Waals surface area contributed by atoms with Crippen LogP contribution in [0.15, 0.2) is 47.3 Å². The van der Waals surface area contributed by atoms with Gasteiger partial charge in [0.1, 0.15) is 5.82 Å². The van der Waals surface area contributed by atoms with Crippen LogP contribution in [-0.2, 0) is 0 Å². The Morgan fingerprint density at radius 1 is 0.962 bits per heavy atom. The molecule has 3 aromatic rings. The lowest BCUT2D eigenvalue weighted by molar-refractivity contribution is 0.313. The molecule has 2 aromatic carbocycles. The van der Waals surface area contributed by atoms with E-state index in [0.29, 0.717) is 16.2 Å². The highest BCUT2D eigenvalue weighted by atomic mass is 35.5. The zero-order valence-corrected chi connectivity index (χ0v) is 15.7. The van der Waals surface area contributed by atoms with Crippen LogP contribution in [0.2, 0.25) is 5.02 Å². The van der Waals surface area contributed by atoms with Crippen LogP contribution >= 0.6 is 11.6 Å². The molecule has 26 heavy (non-hydrogen) atoms.